The molecule has 0 saturated carbocycles. The van der Waals surface area contributed by atoms with E-state index in [1.807, 2.05) is 19.1 Å². The molecule has 0 bridgehead atoms. The number of imidazole rings is 1. The molecule has 1 aliphatic rings. The van der Waals surface area contributed by atoms with E-state index in [1.165, 1.54) is 13.2 Å². The van der Waals surface area contributed by atoms with Gasteiger partial charge >= 0.3 is 6.18 Å². The number of benzene rings is 2. The average Bonchev–Trinajstić information content (AvgIpc) is 3.60. The number of halogens is 3. The second kappa shape index (κ2) is 10.5. The Morgan fingerprint density at radius 1 is 1.07 bits per heavy atom. The van der Waals surface area contributed by atoms with Gasteiger partial charge in [0.1, 0.15) is 23.6 Å². The van der Waals surface area contributed by atoms with Gasteiger partial charge in [-0.05, 0) is 47.9 Å². The maximum Gasteiger partial charge on any atom is 0.435 e. The third kappa shape index (κ3) is 4.82. The third-order valence-corrected chi connectivity index (χ3v) is 7.26. The molecule has 12 heteroatoms. The van der Waals surface area contributed by atoms with Gasteiger partial charge in [0.2, 0.25) is 0 Å². The summed E-state index contributed by atoms with van der Waals surface area (Å²) in [6, 6.07) is 8.94. The smallest absolute Gasteiger partial charge is 0.435 e. The highest BCUT2D eigenvalue weighted by Gasteiger charge is 2.39. The highest BCUT2D eigenvalue weighted by atomic mass is 19.4. The van der Waals surface area contributed by atoms with Gasteiger partial charge in [-0.25, -0.2) is 4.98 Å². The van der Waals surface area contributed by atoms with Gasteiger partial charge in [0, 0.05) is 54.9 Å². The van der Waals surface area contributed by atoms with Gasteiger partial charge in [0.25, 0.3) is 5.91 Å². The number of alkyl halides is 3. The number of carbonyl (C=O) groups excluding carboxylic acids is 1. The number of aromatic nitrogens is 5. The van der Waals surface area contributed by atoms with Crippen molar-refractivity contribution in [3.63, 3.8) is 0 Å². The molecule has 0 N–H and O–H groups in total. The van der Waals surface area contributed by atoms with Gasteiger partial charge in [0.15, 0.2) is 5.69 Å². The van der Waals surface area contributed by atoms with Gasteiger partial charge in [-0.15, -0.1) is 0 Å². The fraction of sp³-hybridized carbons (Fsp3) is 0.267. The van der Waals surface area contributed by atoms with Gasteiger partial charge in [-0.1, -0.05) is 6.92 Å². The molecule has 0 fully saturated rings. The number of hydrogen-bond acceptors (Lipinski definition) is 6. The van der Waals surface area contributed by atoms with Gasteiger partial charge in [0.05, 0.1) is 31.2 Å². The number of hydrogen-bond donors (Lipinski definition) is 0. The van der Waals surface area contributed by atoms with Crippen LogP contribution in [-0.4, -0.2) is 50.5 Å². The lowest BCUT2D eigenvalue weighted by molar-refractivity contribution is -0.140. The number of amides is 1. The second-order valence-corrected chi connectivity index (χ2v) is 10.0. The zero-order valence-electron chi connectivity index (χ0n) is 23.1. The molecular formula is C30H27F3N6O3. The monoisotopic (exact) mass is 576 g/mol. The summed E-state index contributed by atoms with van der Waals surface area (Å²) in [6.07, 6.45) is 3.89. The quantitative estimate of drug-likeness (QED) is 0.265. The van der Waals surface area contributed by atoms with E-state index in [2.05, 4.69) is 15.1 Å². The van der Waals surface area contributed by atoms with E-state index in [-0.39, 0.29) is 42.1 Å². The summed E-state index contributed by atoms with van der Waals surface area (Å²) in [5, 5.41) is 4.42. The van der Waals surface area contributed by atoms with Crippen molar-refractivity contribution in [2.45, 2.75) is 26.1 Å². The van der Waals surface area contributed by atoms with E-state index >= 15 is 0 Å². The van der Waals surface area contributed by atoms with Crippen LogP contribution < -0.4 is 14.4 Å². The normalized spacial score (nSPS) is 13.7. The number of anilines is 1. The van der Waals surface area contributed by atoms with Crippen LogP contribution in [0.1, 0.15) is 34.1 Å². The van der Waals surface area contributed by atoms with E-state index in [4.69, 9.17) is 9.47 Å². The van der Waals surface area contributed by atoms with E-state index in [0.29, 0.717) is 22.5 Å². The molecule has 0 radical (unpaired) electrons. The Bertz CT molecular complexity index is 1800. The summed E-state index contributed by atoms with van der Waals surface area (Å²) in [5.41, 5.74) is 1.90. The SMILES string of the molecule is CCc1cc(OC)c2nccc(N3CCOc4c(cc(Cn5ccnc5)cc4-c4cn(C)nc4C(F)(F)F)C3=O)c2c1. The molecule has 0 aliphatic carbocycles. The van der Waals surface area contributed by atoms with Crippen LogP contribution in [0.15, 0.2) is 61.4 Å². The molecule has 1 amide bonds. The van der Waals surface area contributed by atoms with Crippen molar-refractivity contribution < 1.29 is 27.4 Å². The molecule has 1 aliphatic heterocycles. The summed E-state index contributed by atoms with van der Waals surface area (Å²) >= 11 is 0. The Hall–Kier alpha value is -4.87. The molecule has 0 saturated heterocycles. The lowest BCUT2D eigenvalue weighted by atomic mass is 9.97. The maximum atomic E-state index is 14.3. The summed E-state index contributed by atoms with van der Waals surface area (Å²) in [7, 11) is 2.99. The average molecular weight is 577 g/mol. The van der Waals surface area contributed by atoms with Crippen LogP contribution >= 0.6 is 0 Å². The van der Waals surface area contributed by atoms with Crippen molar-refractivity contribution in [2.75, 3.05) is 25.2 Å². The minimum atomic E-state index is -4.71. The van der Waals surface area contributed by atoms with Crippen LogP contribution in [0.2, 0.25) is 0 Å². The van der Waals surface area contributed by atoms with E-state index < -0.39 is 17.8 Å². The Kier molecular flexibility index (Phi) is 6.83. The van der Waals surface area contributed by atoms with Gasteiger partial charge in [-0.3, -0.25) is 14.5 Å². The molecule has 5 aromatic rings. The van der Waals surface area contributed by atoms with Crippen molar-refractivity contribution >= 4 is 22.5 Å². The number of fused-ring (bicyclic) bond motifs is 2. The lowest BCUT2D eigenvalue weighted by Crippen LogP contribution is -2.32. The largest absolute Gasteiger partial charge is 0.494 e. The summed E-state index contributed by atoms with van der Waals surface area (Å²) in [5.74, 6) is 0.272. The van der Waals surface area contributed by atoms with Crippen LogP contribution in [0.4, 0.5) is 18.9 Å². The number of methoxy groups -OCH3 is 1. The first kappa shape index (κ1) is 27.3. The number of ether oxygens (including phenoxy) is 2. The van der Waals surface area contributed by atoms with E-state index in [1.54, 1.807) is 59.7 Å². The zero-order chi connectivity index (χ0) is 29.6. The Morgan fingerprint density at radius 3 is 2.60 bits per heavy atom. The fourth-order valence-corrected chi connectivity index (χ4v) is 5.36. The number of pyridine rings is 1. The maximum absolute atomic E-state index is 14.3. The lowest BCUT2D eigenvalue weighted by Gasteiger charge is -2.23. The molecule has 42 heavy (non-hydrogen) atoms. The van der Waals surface area contributed by atoms with Crippen LogP contribution in [0.3, 0.4) is 0 Å². The zero-order valence-corrected chi connectivity index (χ0v) is 23.1. The number of nitrogens with zero attached hydrogens (tertiary/aromatic N) is 6. The number of aryl methyl sites for hydroxylation is 2. The Morgan fingerprint density at radius 2 is 1.88 bits per heavy atom. The first-order valence-electron chi connectivity index (χ1n) is 13.3. The molecule has 0 spiro atoms. The van der Waals surface area contributed by atoms with Gasteiger partial charge < -0.3 is 18.9 Å². The number of carbonyl (C=O) groups is 1. The molecule has 216 valence electrons. The van der Waals surface area contributed by atoms with E-state index in [0.717, 1.165) is 22.1 Å². The van der Waals surface area contributed by atoms with Crippen molar-refractivity contribution in [1.82, 2.24) is 24.3 Å². The number of rotatable bonds is 6. The van der Waals surface area contributed by atoms with Crippen LogP contribution in [0, 0.1) is 0 Å². The summed E-state index contributed by atoms with van der Waals surface area (Å²) in [6.45, 7) is 2.53. The molecule has 3 aromatic heterocycles. The minimum absolute atomic E-state index is 0.0582. The Balaban J connectivity index is 1.55. The van der Waals surface area contributed by atoms with Crippen LogP contribution in [0.5, 0.6) is 11.5 Å². The van der Waals surface area contributed by atoms with Crippen molar-refractivity contribution in [1.29, 1.82) is 0 Å². The standard InChI is InChI=1S/C30H27F3N6O3/c1-4-18-11-21-24(5-6-35-26(21)25(14-18)41-3)39-9-10-42-27-20(23-16-37(2)36-28(23)30(31,32)33)12-19(13-22(27)29(39)40)15-38-8-7-34-17-38/h5-8,11-14,16-17H,4,9-10,15H2,1-3H3. The summed E-state index contributed by atoms with van der Waals surface area (Å²) < 4.78 is 56.8. The van der Waals surface area contributed by atoms with Crippen molar-refractivity contribution in [3.8, 4) is 22.6 Å². The predicted octanol–water partition coefficient (Wildman–Crippen LogP) is 5.51. The van der Waals surface area contributed by atoms with Gasteiger partial charge in [-0.2, -0.15) is 18.3 Å². The molecule has 9 nitrogen and oxygen atoms in total. The van der Waals surface area contributed by atoms with Crippen LogP contribution in [-0.2, 0) is 26.2 Å². The Labute approximate surface area is 239 Å². The molecule has 4 heterocycles. The topological polar surface area (TPSA) is 87.3 Å². The van der Waals surface area contributed by atoms with Crippen LogP contribution in [0.25, 0.3) is 22.0 Å². The molecule has 2 aromatic carbocycles. The molecule has 6 rings (SSSR count). The highest BCUT2D eigenvalue weighted by Crippen LogP contribution is 2.43. The fourth-order valence-electron chi connectivity index (χ4n) is 5.36. The summed E-state index contributed by atoms with van der Waals surface area (Å²) in [4.78, 5) is 24.5. The minimum Gasteiger partial charge on any atom is -0.494 e. The van der Waals surface area contributed by atoms with Crippen molar-refractivity contribution in [2.24, 2.45) is 7.05 Å². The molecule has 0 atom stereocenters. The van der Waals surface area contributed by atoms with Crippen molar-refractivity contribution in [3.05, 3.63) is 83.8 Å². The predicted molar refractivity (Wildman–Crippen MR) is 150 cm³/mol. The third-order valence-electron chi connectivity index (χ3n) is 7.26. The first-order valence-corrected chi connectivity index (χ1v) is 13.3. The van der Waals surface area contributed by atoms with E-state index in [9.17, 15) is 18.0 Å². The highest BCUT2D eigenvalue weighted by molar-refractivity contribution is 6.13. The second-order valence-electron chi connectivity index (χ2n) is 10.0. The molecule has 0 unspecified atom stereocenters. The molecular weight excluding hydrogens is 549 g/mol. The first-order chi connectivity index (χ1) is 20.2.